The number of aliphatic carboxylic acids is 3. The number of carboxylic acids is 3. The Morgan fingerprint density at radius 1 is 1.12 bits per heavy atom. The normalized spacial score (nSPS) is 12.0. The van der Waals surface area contributed by atoms with Crippen LogP contribution in [0.4, 0.5) is 13.2 Å². The van der Waals surface area contributed by atoms with Crippen molar-refractivity contribution in [1.82, 2.24) is 0 Å². The lowest BCUT2D eigenvalue weighted by Crippen LogP contribution is -2.45. The van der Waals surface area contributed by atoms with Gasteiger partial charge in [0.05, 0.1) is 5.97 Å². The summed E-state index contributed by atoms with van der Waals surface area (Å²) < 4.78 is 31.5. The van der Waals surface area contributed by atoms with Crippen LogP contribution in [-0.2, 0) is 14.4 Å². The first-order valence-corrected chi connectivity index (χ1v) is 3.43. The summed E-state index contributed by atoms with van der Waals surface area (Å²) in [5.41, 5.74) is 4.73. The monoisotopic (exact) mass is 244 g/mol. The van der Waals surface area contributed by atoms with Crippen LogP contribution in [0, 0.1) is 0 Å². The van der Waals surface area contributed by atoms with Crippen LogP contribution in [0.5, 0.6) is 0 Å². The molecular formula is C6H5F3NO6-3. The average Bonchev–Trinajstić information content (AvgIpc) is 2.01. The van der Waals surface area contributed by atoms with Crippen LogP contribution in [0.1, 0.15) is 6.42 Å². The molecule has 0 aliphatic carbocycles. The van der Waals surface area contributed by atoms with Gasteiger partial charge in [0.2, 0.25) is 0 Å². The number of carboxylic acid groups (broad SMARTS) is 3. The fourth-order valence-electron chi connectivity index (χ4n) is 0.263. The number of hydrogen-bond donors (Lipinski definition) is 1. The molecule has 7 nitrogen and oxygen atoms in total. The molecule has 0 amide bonds. The molecule has 0 aliphatic heterocycles. The molecule has 1 unspecified atom stereocenters. The molecule has 2 N–H and O–H groups in total. The van der Waals surface area contributed by atoms with Crippen LogP contribution in [0.25, 0.3) is 0 Å². The van der Waals surface area contributed by atoms with E-state index in [2.05, 4.69) is 0 Å². The molecule has 1 atom stereocenters. The summed E-state index contributed by atoms with van der Waals surface area (Å²) in [4.78, 5) is 28.1. The molecule has 0 spiro atoms. The maximum atomic E-state index is 10.5. The van der Waals surface area contributed by atoms with Gasteiger partial charge in [-0.1, -0.05) is 0 Å². The molecule has 0 radical (unpaired) electrons. The Hall–Kier alpha value is -1.84. The van der Waals surface area contributed by atoms with Crippen molar-refractivity contribution in [2.24, 2.45) is 5.73 Å². The maximum absolute atomic E-state index is 10.5. The van der Waals surface area contributed by atoms with E-state index in [0.29, 0.717) is 0 Å². The van der Waals surface area contributed by atoms with Crippen LogP contribution in [0.2, 0.25) is 0 Å². The van der Waals surface area contributed by atoms with E-state index in [0.717, 1.165) is 0 Å². The Morgan fingerprint density at radius 2 is 1.44 bits per heavy atom. The lowest BCUT2D eigenvalue weighted by Gasteiger charge is -2.11. The molecular weight excluding hydrogens is 239 g/mol. The Bertz CT molecular complexity index is 276. The maximum Gasteiger partial charge on any atom is 0.430 e. The second-order valence-corrected chi connectivity index (χ2v) is 2.29. The third kappa shape index (κ3) is 10.2. The predicted molar refractivity (Wildman–Crippen MR) is 33.7 cm³/mol. The summed E-state index contributed by atoms with van der Waals surface area (Å²) in [5.74, 6) is -6.08. The molecule has 0 aromatic heterocycles. The van der Waals surface area contributed by atoms with Crippen molar-refractivity contribution in [2.75, 3.05) is 0 Å². The molecule has 0 saturated heterocycles. The lowest BCUT2D eigenvalue weighted by atomic mass is 10.2. The highest BCUT2D eigenvalue weighted by molar-refractivity contribution is 5.77. The topological polar surface area (TPSA) is 146 Å². The molecule has 16 heavy (non-hydrogen) atoms. The first kappa shape index (κ1) is 16.6. The van der Waals surface area contributed by atoms with E-state index in [1.807, 2.05) is 0 Å². The third-order valence-corrected chi connectivity index (χ3v) is 0.921. The minimum Gasteiger partial charge on any atom is -0.550 e. The number of carbonyl (C=O) groups excluding carboxylic acids is 3. The largest absolute Gasteiger partial charge is 0.550 e. The van der Waals surface area contributed by atoms with E-state index >= 15 is 0 Å². The molecule has 0 fully saturated rings. The summed E-state index contributed by atoms with van der Waals surface area (Å²) in [5, 5.41) is 28.1. The van der Waals surface area contributed by atoms with Gasteiger partial charge in [-0.25, -0.2) is 0 Å². The standard InChI is InChI=1S/C4H7NO4.C2HF3O2/c5-2(4(8)9)1-3(6)7;3-2(4,5)1(6)7/h2H,1,5H2,(H,6,7)(H,8,9);(H,6,7)/p-3. The number of nitrogens with two attached hydrogens (primary N) is 1. The quantitative estimate of drug-likeness (QED) is 0.526. The zero-order chi connectivity index (χ0) is 13.5. The number of hydrogen-bond acceptors (Lipinski definition) is 7. The van der Waals surface area contributed by atoms with Gasteiger partial charge in [0.25, 0.3) is 0 Å². The molecule has 0 saturated carbocycles. The zero-order valence-electron chi connectivity index (χ0n) is 7.45. The van der Waals surface area contributed by atoms with Gasteiger partial charge in [0.15, 0.2) is 0 Å². The Kier molecular flexibility index (Phi) is 6.85. The Morgan fingerprint density at radius 3 is 1.50 bits per heavy atom. The van der Waals surface area contributed by atoms with Crippen molar-refractivity contribution in [2.45, 2.75) is 18.6 Å². The number of alkyl halides is 3. The molecule has 0 bridgehead atoms. The van der Waals surface area contributed by atoms with Gasteiger partial charge >= 0.3 is 6.18 Å². The van der Waals surface area contributed by atoms with E-state index in [-0.39, 0.29) is 0 Å². The van der Waals surface area contributed by atoms with E-state index in [1.54, 1.807) is 0 Å². The van der Waals surface area contributed by atoms with Crippen molar-refractivity contribution >= 4 is 17.9 Å². The minimum absolute atomic E-state index is 0.706. The number of halogens is 3. The molecule has 0 aromatic rings. The lowest BCUT2D eigenvalue weighted by molar-refractivity contribution is -0.344. The fourth-order valence-corrected chi connectivity index (χ4v) is 0.263. The molecule has 10 heteroatoms. The zero-order valence-corrected chi connectivity index (χ0v) is 7.45. The van der Waals surface area contributed by atoms with Gasteiger partial charge in [-0.05, 0) is 0 Å². The van der Waals surface area contributed by atoms with Crippen LogP contribution in [-0.4, -0.2) is 30.1 Å². The molecule has 0 aromatic carbocycles. The highest BCUT2D eigenvalue weighted by Crippen LogP contribution is 2.11. The van der Waals surface area contributed by atoms with Gasteiger partial charge in [0.1, 0.15) is 5.97 Å². The van der Waals surface area contributed by atoms with E-state index in [1.165, 1.54) is 0 Å². The minimum atomic E-state index is -5.19. The first-order valence-electron chi connectivity index (χ1n) is 3.43. The second kappa shape index (κ2) is 6.61. The van der Waals surface area contributed by atoms with Crippen molar-refractivity contribution in [3.63, 3.8) is 0 Å². The van der Waals surface area contributed by atoms with Crippen LogP contribution < -0.4 is 21.1 Å². The summed E-state index contributed by atoms with van der Waals surface area (Å²) in [6.07, 6.45) is -5.90. The van der Waals surface area contributed by atoms with E-state index in [4.69, 9.17) is 15.6 Å². The molecule has 0 rings (SSSR count). The molecule has 94 valence electrons. The smallest absolute Gasteiger partial charge is 0.430 e. The van der Waals surface area contributed by atoms with Gasteiger partial charge in [-0.3, -0.25) is 0 Å². The van der Waals surface area contributed by atoms with Gasteiger partial charge < -0.3 is 35.4 Å². The number of carbonyl (C=O) groups is 3. The third-order valence-electron chi connectivity index (χ3n) is 0.921. The van der Waals surface area contributed by atoms with Crippen LogP contribution in [0.15, 0.2) is 0 Å². The molecule has 0 heterocycles. The van der Waals surface area contributed by atoms with Gasteiger partial charge in [-0.15, -0.1) is 0 Å². The summed E-state index contributed by atoms with van der Waals surface area (Å²) in [7, 11) is 0. The molecule has 0 aliphatic rings. The van der Waals surface area contributed by atoms with Crippen LogP contribution in [0.3, 0.4) is 0 Å². The highest BCUT2D eigenvalue weighted by atomic mass is 19.4. The van der Waals surface area contributed by atoms with Crippen molar-refractivity contribution < 1.29 is 42.9 Å². The number of rotatable bonds is 3. The van der Waals surface area contributed by atoms with Gasteiger partial charge in [-0.2, -0.15) is 13.2 Å². The first-order chi connectivity index (χ1) is 6.98. The summed E-state index contributed by atoms with van der Waals surface area (Å²) >= 11 is 0. The van der Waals surface area contributed by atoms with E-state index in [9.17, 15) is 33.0 Å². The van der Waals surface area contributed by atoms with Crippen molar-refractivity contribution in [3.05, 3.63) is 0 Å². The highest BCUT2D eigenvalue weighted by Gasteiger charge is 2.28. The predicted octanol–water partition coefficient (Wildman–Crippen LogP) is -4.50. The van der Waals surface area contributed by atoms with Crippen LogP contribution >= 0.6 is 0 Å². The summed E-state index contributed by atoms with van der Waals surface area (Å²) in [6.45, 7) is 0. The SMILES string of the molecule is NC(CC(=O)[O-])C(=O)[O-].O=C([O-])C(F)(F)F. The van der Waals surface area contributed by atoms with Crippen molar-refractivity contribution in [3.8, 4) is 0 Å². The Labute approximate surface area is 86.3 Å². The van der Waals surface area contributed by atoms with Crippen molar-refractivity contribution in [1.29, 1.82) is 0 Å². The average molecular weight is 244 g/mol. The summed E-state index contributed by atoms with van der Waals surface area (Å²) in [6, 6.07) is -1.46. The second-order valence-electron chi connectivity index (χ2n) is 2.29. The fraction of sp³-hybridized carbons (Fsp3) is 0.500. The van der Waals surface area contributed by atoms with E-state index < -0.39 is 36.5 Å². The Balaban J connectivity index is 0. The van der Waals surface area contributed by atoms with Gasteiger partial charge in [0, 0.05) is 18.4 Å².